The van der Waals surface area contributed by atoms with Crippen LogP contribution in [0.3, 0.4) is 0 Å². The topological polar surface area (TPSA) is 64.4 Å². The highest BCUT2D eigenvalue weighted by atomic mass is 16.5. The standard InChI is InChI=1S/C27H28N2O3/c1-7-31-26-18(5)27-22(17(4)19(6)32-27)14-21(26)15(2)13-25(30)29-24-10-8-9-23-20(24)12-11-16(3)28-23/h8-14H,7H2,1-6H3,(H,29,30)/b15-13+. The molecule has 1 N–H and O–H groups in total. The number of anilines is 1. The average molecular weight is 429 g/mol. The van der Waals surface area contributed by atoms with Crippen LogP contribution in [0.25, 0.3) is 27.4 Å². The van der Waals surface area contributed by atoms with Crippen LogP contribution in [-0.4, -0.2) is 17.5 Å². The summed E-state index contributed by atoms with van der Waals surface area (Å²) in [6.07, 6.45) is 1.62. The Labute approximate surface area is 188 Å². The second-order valence-electron chi connectivity index (χ2n) is 8.11. The van der Waals surface area contributed by atoms with Gasteiger partial charge in [-0.25, -0.2) is 0 Å². The quantitative estimate of drug-likeness (QED) is 0.361. The number of amides is 1. The molecule has 2 aromatic carbocycles. The van der Waals surface area contributed by atoms with Gasteiger partial charge in [0.05, 0.1) is 17.8 Å². The van der Waals surface area contributed by atoms with Gasteiger partial charge in [0.15, 0.2) is 0 Å². The molecule has 164 valence electrons. The van der Waals surface area contributed by atoms with E-state index in [9.17, 15) is 4.79 Å². The van der Waals surface area contributed by atoms with Crippen molar-refractivity contribution in [3.8, 4) is 5.75 Å². The summed E-state index contributed by atoms with van der Waals surface area (Å²) in [4.78, 5) is 17.5. The van der Waals surface area contributed by atoms with Crippen LogP contribution in [0.1, 0.15) is 42.0 Å². The molecule has 0 aliphatic heterocycles. The fourth-order valence-corrected chi connectivity index (χ4v) is 4.04. The third-order valence-corrected chi connectivity index (χ3v) is 5.84. The number of benzene rings is 2. The molecule has 2 heterocycles. The number of nitrogens with zero attached hydrogens (tertiary/aromatic N) is 1. The second-order valence-corrected chi connectivity index (χ2v) is 8.11. The molecule has 0 saturated heterocycles. The van der Waals surface area contributed by atoms with Crippen molar-refractivity contribution < 1.29 is 13.9 Å². The van der Waals surface area contributed by atoms with Crippen LogP contribution >= 0.6 is 0 Å². The highest BCUT2D eigenvalue weighted by Gasteiger charge is 2.19. The Balaban J connectivity index is 1.73. The number of aromatic nitrogens is 1. The normalized spacial score (nSPS) is 11.9. The molecule has 5 nitrogen and oxygen atoms in total. The molecule has 0 bridgehead atoms. The van der Waals surface area contributed by atoms with Crippen LogP contribution in [-0.2, 0) is 4.79 Å². The minimum atomic E-state index is -0.198. The zero-order valence-electron chi connectivity index (χ0n) is 19.4. The van der Waals surface area contributed by atoms with E-state index in [1.807, 2.05) is 71.9 Å². The molecule has 0 atom stereocenters. The molecular formula is C27H28N2O3. The van der Waals surface area contributed by atoms with E-state index in [4.69, 9.17) is 9.15 Å². The predicted octanol–water partition coefficient (Wildman–Crippen LogP) is 6.66. The summed E-state index contributed by atoms with van der Waals surface area (Å²) in [6, 6.07) is 11.7. The zero-order chi connectivity index (χ0) is 23.0. The summed E-state index contributed by atoms with van der Waals surface area (Å²) in [5.74, 6) is 1.44. The Bertz CT molecular complexity index is 1380. The summed E-state index contributed by atoms with van der Waals surface area (Å²) >= 11 is 0. The molecule has 1 amide bonds. The first-order chi connectivity index (χ1) is 15.3. The van der Waals surface area contributed by atoms with Gasteiger partial charge in [-0.1, -0.05) is 6.07 Å². The minimum absolute atomic E-state index is 0.198. The zero-order valence-corrected chi connectivity index (χ0v) is 19.4. The number of hydrogen-bond acceptors (Lipinski definition) is 4. The molecule has 0 spiro atoms. The molecular weight excluding hydrogens is 400 g/mol. The predicted molar refractivity (Wildman–Crippen MR) is 130 cm³/mol. The third-order valence-electron chi connectivity index (χ3n) is 5.84. The highest BCUT2D eigenvalue weighted by molar-refractivity contribution is 6.08. The molecule has 4 aromatic rings. The van der Waals surface area contributed by atoms with Gasteiger partial charge in [0.1, 0.15) is 17.1 Å². The van der Waals surface area contributed by atoms with Gasteiger partial charge in [0.25, 0.3) is 0 Å². The summed E-state index contributed by atoms with van der Waals surface area (Å²) in [6.45, 7) is 12.4. The summed E-state index contributed by atoms with van der Waals surface area (Å²) in [5, 5.41) is 4.96. The van der Waals surface area contributed by atoms with Crippen molar-refractivity contribution in [3.63, 3.8) is 0 Å². The van der Waals surface area contributed by atoms with Gasteiger partial charge in [0, 0.05) is 33.7 Å². The van der Waals surface area contributed by atoms with Crippen molar-refractivity contribution >= 4 is 39.0 Å². The fourth-order valence-electron chi connectivity index (χ4n) is 4.04. The lowest BCUT2D eigenvalue weighted by molar-refractivity contribution is -0.111. The van der Waals surface area contributed by atoms with Crippen molar-refractivity contribution in [2.24, 2.45) is 0 Å². The number of hydrogen-bond donors (Lipinski definition) is 1. The van der Waals surface area contributed by atoms with E-state index in [0.717, 1.165) is 67.0 Å². The summed E-state index contributed by atoms with van der Waals surface area (Å²) in [7, 11) is 0. The lowest BCUT2D eigenvalue weighted by atomic mass is 9.98. The highest BCUT2D eigenvalue weighted by Crippen LogP contribution is 2.39. The molecule has 32 heavy (non-hydrogen) atoms. The number of allylic oxidation sites excluding steroid dienone is 1. The van der Waals surface area contributed by atoms with Crippen molar-refractivity contribution in [1.29, 1.82) is 0 Å². The van der Waals surface area contributed by atoms with E-state index in [1.54, 1.807) is 6.08 Å². The number of fused-ring (bicyclic) bond motifs is 2. The molecule has 0 fully saturated rings. The van der Waals surface area contributed by atoms with E-state index in [0.29, 0.717) is 6.61 Å². The number of carbonyl (C=O) groups is 1. The number of rotatable bonds is 5. The SMILES string of the molecule is CCOc1c(/C(C)=C/C(=O)Nc2cccc3nc(C)ccc23)cc2c(C)c(C)oc2c1C. The van der Waals surface area contributed by atoms with Gasteiger partial charge in [-0.2, -0.15) is 0 Å². The first kappa shape index (κ1) is 21.6. The maximum atomic E-state index is 12.9. The van der Waals surface area contributed by atoms with Crippen LogP contribution in [0.4, 0.5) is 5.69 Å². The van der Waals surface area contributed by atoms with Gasteiger partial charge in [-0.3, -0.25) is 9.78 Å². The molecule has 0 aliphatic carbocycles. The smallest absolute Gasteiger partial charge is 0.248 e. The fraction of sp³-hybridized carbons (Fsp3) is 0.259. The summed E-state index contributed by atoms with van der Waals surface area (Å²) < 4.78 is 11.9. The second kappa shape index (κ2) is 8.50. The number of furan rings is 1. The van der Waals surface area contributed by atoms with Crippen molar-refractivity contribution in [1.82, 2.24) is 4.98 Å². The maximum Gasteiger partial charge on any atom is 0.248 e. The Hall–Kier alpha value is -3.60. The van der Waals surface area contributed by atoms with Crippen LogP contribution in [0, 0.1) is 27.7 Å². The van der Waals surface area contributed by atoms with Crippen LogP contribution in [0.15, 0.2) is 46.9 Å². The molecule has 0 aliphatic rings. The van der Waals surface area contributed by atoms with Crippen LogP contribution < -0.4 is 10.1 Å². The van der Waals surface area contributed by atoms with E-state index in [-0.39, 0.29) is 5.91 Å². The third kappa shape index (κ3) is 3.86. The molecule has 0 saturated carbocycles. The van der Waals surface area contributed by atoms with Crippen molar-refractivity contribution in [3.05, 3.63) is 70.6 Å². The van der Waals surface area contributed by atoms with Crippen molar-refractivity contribution in [2.45, 2.75) is 41.5 Å². The molecule has 5 heteroatoms. The molecule has 0 radical (unpaired) electrons. The van der Waals surface area contributed by atoms with Crippen molar-refractivity contribution in [2.75, 3.05) is 11.9 Å². The van der Waals surface area contributed by atoms with E-state index in [2.05, 4.69) is 16.4 Å². The van der Waals surface area contributed by atoms with E-state index < -0.39 is 0 Å². The Morgan fingerprint density at radius 2 is 1.88 bits per heavy atom. The van der Waals surface area contributed by atoms with E-state index >= 15 is 0 Å². The monoisotopic (exact) mass is 428 g/mol. The Kier molecular flexibility index (Phi) is 5.74. The van der Waals surface area contributed by atoms with Gasteiger partial charge >= 0.3 is 0 Å². The first-order valence-electron chi connectivity index (χ1n) is 10.8. The Morgan fingerprint density at radius 1 is 1.09 bits per heavy atom. The molecule has 0 unspecified atom stereocenters. The number of pyridine rings is 1. The number of ether oxygens (including phenoxy) is 1. The number of carbonyl (C=O) groups excluding carboxylic acids is 1. The Morgan fingerprint density at radius 3 is 2.62 bits per heavy atom. The molecule has 4 rings (SSSR count). The number of nitrogens with one attached hydrogen (secondary N) is 1. The lowest BCUT2D eigenvalue weighted by Crippen LogP contribution is -2.09. The first-order valence-corrected chi connectivity index (χ1v) is 10.8. The average Bonchev–Trinajstić information content (AvgIpc) is 3.04. The van der Waals surface area contributed by atoms with Crippen LogP contribution in [0.5, 0.6) is 5.75 Å². The van der Waals surface area contributed by atoms with Crippen LogP contribution in [0.2, 0.25) is 0 Å². The summed E-state index contributed by atoms with van der Waals surface area (Å²) in [5.41, 5.74) is 7.13. The molecule has 2 aromatic heterocycles. The lowest BCUT2D eigenvalue weighted by Gasteiger charge is -2.15. The van der Waals surface area contributed by atoms with Gasteiger partial charge < -0.3 is 14.5 Å². The maximum absolute atomic E-state index is 12.9. The van der Waals surface area contributed by atoms with E-state index in [1.165, 1.54) is 0 Å². The minimum Gasteiger partial charge on any atom is -0.493 e. The van der Waals surface area contributed by atoms with Gasteiger partial charge in [-0.15, -0.1) is 0 Å². The van der Waals surface area contributed by atoms with Gasteiger partial charge in [0.2, 0.25) is 5.91 Å². The largest absolute Gasteiger partial charge is 0.493 e. The van der Waals surface area contributed by atoms with Gasteiger partial charge in [-0.05, 0) is 83.0 Å². The number of aryl methyl sites for hydroxylation is 4.